The predicted octanol–water partition coefficient (Wildman–Crippen LogP) is 4.78. The third-order valence-electron chi connectivity index (χ3n) is 5.86. The van der Waals surface area contributed by atoms with Gasteiger partial charge in [-0.2, -0.15) is 0 Å². The minimum Gasteiger partial charge on any atom is -0.366 e. The number of carbonyl (C=O) groups excluding carboxylic acids is 2. The largest absolute Gasteiger partial charge is 0.366 e. The lowest BCUT2D eigenvalue weighted by Crippen LogP contribution is -2.23. The zero-order valence-electron chi connectivity index (χ0n) is 18.4. The Kier molecular flexibility index (Phi) is 5.74. The Bertz CT molecular complexity index is 1350. The van der Waals surface area contributed by atoms with Crippen LogP contribution in [0.25, 0.3) is 22.3 Å². The summed E-state index contributed by atoms with van der Waals surface area (Å²) in [6, 6.07) is 21.0. The van der Waals surface area contributed by atoms with Crippen LogP contribution in [0.3, 0.4) is 0 Å². The Hall–Kier alpha value is -4.52. The molecule has 0 atom stereocenters. The lowest BCUT2D eigenvalue weighted by atomic mass is 10.0. The molecule has 168 valence electrons. The van der Waals surface area contributed by atoms with Crippen LogP contribution in [0.15, 0.2) is 85.3 Å². The van der Waals surface area contributed by atoms with Crippen molar-refractivity contribution in [2.45, 2.75) is 12.8 Å². The lowest BCUT2D eigenvalue weighted by molar-refractivity contribution is -0.117. The average molecular weight is 450 g/mol. The molecule has 3 heterocycles. The summed E-state index contributed by atoms with van der Waals surface area (Å²) in [5, 5.41) is 3.26. The molecule has 7 nitrogen and oxygen atoms in total. The molecule has 1 fully saturated rings. The first-order chi connectivity index (χ1) is 16.6. The Balaban J connectivity index is 1.32. The summed E-state index contributed by atoms with van der Waals surface area (Å²) in [6.07, 6.45) is 6.73. The highest BCUT2D eigenvalue weighted by Gasteiger charge is 2.21. The first-order valence-corrected chi connectivity index (χ1v) is 11.1. The predicted molar refractivity (Wildman–Crippen MR) is 133 cm³/mol. The van der Waals surface area contributed by atoms with E-state index in [4.69, 9.17) is 5.73 Å². The minimum absolute atomic E-state index is 0.182. The topological polar surface area (TPSA) is 101 Å². The molecular weight excluding hydrogens is 426 g/mol. The van der Waals surface area contributed by atoms with Crippen LogP contribution in [0, 0.1) is 0 Å². The smallest absolute Gasteiger partial charge is 0.249 e. The minimum atomic E-state index is -0.480. The van der Waals surface area contributed by atoms with Crippen molar-refractivity contribution < 1.29 is 9.59 Å². The quantitative estimate of drug-likeness (QED) is 0.441. The number of nitrogens with two attached hydrogens (primary N) is 1. The van der Waals surface area contributed by atoms with E-state index >= 15 is 0 Å². The number of nitrogens with zero attached hydrogens (tertiary/aromatic N) is 3. The van der Waals surface area contributed by atoms with E-state index in [2.05, 4.69) is 15.3 Å². The number of aromatic nitrogens is 2. The van der Waals surface area contributed by atoms with Crippen LogP contribution in [-0.4, -0.2) is 28.3 Å². The van der Waals surface area contributed by atoms with Gasteiger partial charge in [-0.05, 0) is 53.9 Å². The fraction of sp³-hybridized carbons (Fsp3) is 0.111. The number of anilines is 3. The normalized spacial score (nSPS) is 13.2. The van der Waals surface area contributed by atoms with Gasteiger partial charge in [-0.25, -0.2) is 4.98 Å². The monoisotopic (exact) mass is 449 g/mol. The van der Waals surface area contributed by atoms with Gasteiger partial charge in [-0.15, -0.1) is 0 Å². The summed E-state index contributed by atoms with van der Waals surface area (Å²) < 4.78 is 0. The molecule has 1 aliphatic rings. The molecule has 2 aromatic carbocycles. The number of rotatable bonds is 6. The molecule has 5 rings (SSSR count). The number of amides is 2. The molecule has 0 bridgehead atoms. The van der Waals surface area contributed by atoms with Gasteiger partial charge in [0.25, 0.3) is 0 Å². The highest BCUT2D eigenvalue weighted by Crippen LogP contribution is 2.28. The number of benzene rings is 2. The molecule has 0 unspecified atom stereocenters. The maximum atomic E-state index is 11.9. The van der Waals surface area contributed by atoms with Gasteiger partial charge in [-0.1, -0.05) is 30.3 Å². The second-order valence-corrected chi connectivity index (χ2v) is 8.13. The molecule has 2 amide bonds. The van der Waals surface area contributed by atoms with E-state index in [1.165, 1.54) is 0 Å². The molecule has 3 N–H and O–H groups in total. The highest BCUT2D eigenvalue weighted by molar-refractivity contribution is 6.00. The second-order valence-electron chi connectivity index (χ2n) is 8.13. The van der Waals surface area contributed by atoms with Crippen LogP contribution in [0.4, 0.5) is 17.2 Å². The van der Waals surface area contributed by atoms with E-state index in [-0.39, 0.29) is 5.91 Å². The standard InChI is InChI=1S/C27H23N5O2/c28-27(34)24-5-2-1-4-23(24)20-14-21(17-29-15-20)31-25-12-9-19(16-30-25)18-7-10-22(11-8-18)32-13-3-6-26(32)33/h1-2,4-5,7-12,14-17H,3,6,13H2,(H2,28,34)(H,30,31). The second kappa shape index (κ2) is 9.15. The van der Waals surface area contributed by atoms with Crippen molar-refractivity contribution in [2.24, 2.45) is 5.73 Å². The summed E-state index contributed by atoms with van der Waals surface area (Å²) in [4.78, 5) is 34.4. The molecule has 34 heavy (non-hydrogen) atoms. The summed E-state index contributed by atoms with van der Waals surface area (Å²) in [6.45, 7) is 0.782. The van der Waals surface area contributed by atoms with Crippen LogP contribution in [0.1, 0.15) is 23.2 Å². The number of nitrogens with one attached hydrogen (secondary N) is 1. The Morgan fingerprint density at radius 2 is 1.71 bits per heavy atom. The van der Waals surface area contributed by atoms with Crippen LogP contribution in [-0.2, 0) is 4.79 Å². The van der Waals surface area contributed by atoms with Crippen LogP contribution in [0.2, 0.25) is 0 Å². The lowest BCUT2D eigenvalue weighted by Gasteiger charge is -2.16. The van der Waals surface area contributed by atoms with Gasteiger partial charge in [0.1, 0.15) is 5.82 Å². The van der Waals surface area contributed by atoms with E-state index in [0.29, 0.717) is 17.8 Å². The highest BCUT2D eigenvalue weighted by atomic mass is 16.2. The third kappa shape index (κ3) is 4.36. The van der Waals surface area contributed by atoms with E-state index < -0.39 is 5.91 Å². The number of pyridine rings is 2. The fourth-order valence-electron chi connectivity index (χ4n) is 4.15. The SMILES string of the molecule is NC(=O)c1ccccc1-c1cncc(Nc2ccc(-c3ccc(N4CCCC4=O)cc3)cn2)c1. The molecule has 1 saturated heterocycles. The van der Waals surface area contributed by atoms with Crippen molar-refractivity contribution in [1.29, 1.82) is 0 Å². The van der Waals surface area contributed by atoms with Crippen molar-refractivity contribution in [2.75, 3.05) is 16.8 Å². The molecule has 0 radical (unpaired) electrons. The fourth-order valence-corrected chi connectivity index (χ4v) is 4.15. The van der Waals surface area contributed by atoms with Crippen molar-refractivity contribution >= 4 is 29.0 Å². The Morgan fingerprint density at radius 1 is 0.912 bits per heavy atom. The summed E-state index contributed by atoms with van der Waals surface area (Å²) >= 11 is 0. The zero-order chi connectivity index (χ0) is 23.5. The summed E-state index contributed by atoms with van der Waals surface area (Å²) in [5.41, 5.74) is 11.2. The van der Waals surface area contributed by atoms with Gasteiger partial charge < -0.3 is 16.0 Å². The number of hydrogen-bond acceptors (Lipinski definition) is 5. The molecule has 4 aromatic rings. The van der Waals surface area contributed by atoms with Gasteiger partial charge in [0.05, 0.1) is 11.9 Å². The average Bonchev–Trinajstić information content (AvgIpc) is 3.30. The van der Waals surface area contributed by atoms with Crippen molar-refractivity contribution in [3.8, 4) is 22.3 Å². The van der Waals surface area contributed by atoms with Crippen molar-refractivity contribution in [3.05, 3.63) is 90.9 Å². The van der Waals surface area contributed by atoms with Gasteiger partial charge in [0.15, 0.2) is 0 Å². The number of primary amides is 1. The molecule has 0 spiro atoms. The van der Waals surface area contributed by atoms with Crippen molar-refractivity contribution in [3.63, 3.8) is 0 Å². The first kappa shape index (κ1) is 21.3. The van der Waals surface area contributed by atoms with Gasteiger partial charge >= 0.3 is 0 Å². The summed E-state index contributed by atoms with van der Waals surface area (Å²) in [7, 11) is 0. The van der Waals surface area contributed by atoms with E-state index in [1.54, 1.807) is 30.7 Å². The molecule has 1 aliphatic heterocycles. The maximum Gasteiger partial charge on any atom is 0.249 e. The van der Waals surface area contributed by atoms with Gasteiger partial charge in [0, 0.05) is 47.7 Å². The van der Waals surface area contributed by atoms with E-state index in [1.807, 2.05) is 59.5 Å². The van der Waals surface area contributed by atoms with E-state index in [9.17, 15) is 9.59 Å². The van der Waals surface area contributed by atoms with Crippen molar-refractivity contribution in [1.82, 2.24) is 9.97 Å². The van der Waals surface area contributed by atoms with Gasteiger partial charge in [-0.3, -0.25) is 14.6 Å². The zero-order valence-corrected chi connectivity index (χ0v) is 18.4. The molecule has 7 heteroatoms. The van der Waals surface area contributed by atoms with Crippen LogP contribution in [0.5, 0.6) is 0 Å². The van der Waals surface area contributed by atoms with E-state index in [0.717, 1.165) is 46.6 Å². The maximum absolute atomic E-state index is 11.9. The third-order valence-corrected chi connectivity index (χ3v) is 5.86. The van der Waals surface area contributed by atoms with Gasteiger partial charge in [0.2, 0.25) is 11.8 Å². The first-order valence-electron chi connectivity index (χ1n) is 11.1. The Labute approximate surface area is 197 Å². The molecule has 2 aromatic heterocycles. The van der Waals surface area contributed by atoms with Crippen LogP contribution < -0.4 is 16.0 Å². The number of carbonyl (C=O) groups is 2. The molecular formula is C27H23N5O2. The Morgan fingerprint density at radius 3 is 2.41 bits per heavy atom. The summed E-state index contributed by atoms with van der Waals surface area (Å²) in [5.74, 6) is 0.373. The van der Waals surface area contributed by atoms with Crippen LogP contribution >= 0.6 is 0 Å². The molecule has 0 saturated carbocycles. The number of hydrogen-bond donors (Lipinski definition) is 2. The molecule has 0 aliphatic carbocycles.